The zero-order valence-electron chi connectivity index (χ0n) is 14.3. The second-order valence-electron chi connectivity index (χ2n) is 5.92. The molecule has 0 bridgehead atoms. The van der Waals surface area contributed by atoms with Crippen LogP contribution in [0.3, 0.4) is 0 Å². The molecule has 2 aromatic carbocycles. The van der Waals surface area contributed by atoms with E-state index >= 15 is 0 Å². The molecule has 1 N–H and O–H groups in total. The van der Waals surface area contributed by atoms with Gasteiger partial charge < -0.3 is 14.8 Å². The number of methoxy groups -OCH3 is 1. The first-order chi connectivity index (χ1) is 12.0. The van der Waals surface area contributed by atoms with Crippen LogP contribution >= 0.6 is 0 Å². The number of hydrogen-bond acceptors (Lipinski definition) is 5. The van der Waals surface area contributed by atoms with Crippen molar-refractivity contribution in [3.8, 4) is 17.2 Å². The van der Waals surface area contributed by atoms with Gasteiger partial charge in [-0.2, -0.15) is 4.31 Å². The Morgan fingerprint density at radius 3 is 2.12 bits per heavy atom. The van der Waals surface area contributed by atoms with Gasteiger partial charge in [-0.15, -0.1) is 0 Å². The molecule has 0 aromatic heterocycles. The van der Waals surface area contributed by atoms with Gasteiger partial charge in [-0.3, -0.25) is 0 Å². The summed E-state index contributed by atoms with van der Waals surface area (Å²) in [7, 11) is -1.88. The SMILES string of the molecule is COc1ccc(Oc2ccc(S(=O)(=O)N3CCNCC3C)cc2)cc1. The van der Waals surface area contributed by atoms with Gasteiger partial charge in [0.1, 0.15) is 17.2 Å². The summed E-state index contributed by atoms with van der Waals surface area (Å²) < 4.78 is 38.0. The molecule has 134 valence electrons. The van der Waals surface area contributed by atoms with Crippen molar-refractivity contribution in [1.29, 1.82) is 0 Å². The Morgan fingerprint density at radius 2 is 1.56 bits per heavy atom. The predicted molar refractivity (Wildman–Crippen MR) is 95.7 cm³/mol. The van der Waals surface area contributed by atoms with Crippen LogP contribution in [0.15, 0.2) is 53.4 Å². The Hall–Kier alpha value is -2.09. The lowest BCUT2D eigenvalue weighted by Gasteiger charge is -2.32. The molecule has 1 atom stereocenters. The number of nitrogens with one attached hydrogen (secondary N) is 1. The highest BCUT2D eigenvalue weighted by molar-refractivity contribution is 7.89. The average Bonchev–Trinajstić information content (AvgIpc) is 2.63. The van der Waals surface area contributed by atoms with Crippen molar-refractivity contribution in [2.45, 2.75) is 17.9 Å². The highest BCUT2D eigenvalue weighted by Crippen LogP contribution is 2.26. The lowest BCUT2D eigenvalue weighted by atomic mass is 10.3. The van der Waals surface area contributed by atoms with E-state index in [0.717, 1.165) is 5.75 Å². The number of benzene rings is 2. The van der Waals surface area contributed by atoms with Crippen LogP contribution in [0.5, 0.6) is 17.2 Å². The van der Waals surface area contributed by atoms with Crippen LogP contribution in [0.2, 0.25) is 0 Å². The van der Waals surface area contributed by atoms with E-state index in [1.807, 2.05) is 6.92 Å². The van der Waals surface area contributed by atoms with E-state index in [1.165, 1.54) is 0 Å². The minimum absolute atomic E-state index is 0.0611. The topological polar surface area (TPSA) is 67.9 Å². The van der Waals surface area contributed by atoms with Gasteiger partial charge in [-0.05, 0) is 55.5 Å². The summed E-state index contributed by atoms with van der Waals surface area (Å²) in [5.41, 5.74) is 0. The summed E-state index contributed by atoms with van der Waals surface area (Å²) in [5, 5.41) is 3.20. The molecule has 25 heavy (non-hydrogen) atoms. The van der Waals surface area contributed by atoms with Gasteiger partial charge in [0, 0.05) is 25.7 Å². The molecule has 6 nitrogen and oxygen atoms in total. The largest absolute Gasteiger partial charge is 0.497 e. The number of piperazine rings is 1. The molecule has 1 aliphatic rings. The predicted octanol–water partition coefficient (Wildman–Crippen LogP) is 2.47. The maximum atomic E-state index is 12.8. The maximum Gasteiger partial charge on any atom is 0.243 e. The molecule has 1 saturated heterocycles. The van der Waals surface area contributed by atoms with E-state index in [0.29, 0.717) is 31.1 Å². The minimum Gasteiger partial charge on any atom is -0.497 e. The van der Waals surface area contributed by atoms with E-state index < -0.39 is 10.0 Å². The monoisotopic (exact) mass is 362 g/mol. The Balaban J connectivity index is 1.74. The van der Waals surface area contributed by atoms with Crippen LogP contribution in [0, 0.1) is 0 Å². The quantitative estimate of drug-likeness (QED) is 0.885. The fourth-order valence-corrected chi connectivity index (χ4v) is 4.41. The molecule has 7 heteroatoms. The van der Waals surface area contributed by atoms with Crippen LogP contribution < -0.4 is 14.8 Å². The Kier molecular flexibility index (Phi) is 5.27. The third-order valence-corrected chi connectivity index (χ3v) is 6.19. The summed E-state index contributed by atoms with van der Waals surface area (Å²) in [6, 6.07) is 13.7. The summed E-state index contributed by atoms with van der Waals surface area (Å²) in [6.07, 6.45) is 0. The molecule has 1 unspecified atom stereocenters. The highest BCUT2D eigenvalue weighted by atomic mass is 32.2. The molecule has 0 saturated carbocycles. The van der Waals surface area contributed by atoms with Crippen LogP contribution in [0.4, 0.5) is 0 Å². The smallest absolute Gasteiger partial charge is 0.243 e. The molecule has 1 aliphatic heterocycles. The van der Waals surface area contributed by atoms with Crippen LogP contribution in [0.25, 0.3) is 0 Å². The van der Waals surface area contributed by atoms with Crippen molar-refractivity contribution in [3.63, 3.8) is 0 Å². The zero-order chi connectivity index (χ0) is 17.9. The van der Waals surface area contributed by atoms with Crippen molar-refractivity contribution >= 4 is 10.0 Å². The molecule has 2 aromatic rings. The molecular formula is C18H22N2O4S. The first-order valence-corrected chi connectivity index (χ1v) is 9.59. The van der Waals surface area contributed by atoms with E-state index in [-0.39, 0.29) is 10.9 Å². The average molecular weight is 362 g/mol. The summed E-state index contributed by atoms with van der Waals surface area (Å²) in [4.78, 5) is 0.281. The van der Waals surface area contributed by atoms with E-state index in [9.17, 15) is 8.42 Å². The van der Waals surface area contributed by atoms with Gasteiger partial charge in [0.15, 0.2) is 0 Å². The van der Waals surface area contributed by atoms with E-state index in [1.54, 1.807) is 59.9 Å². The van der Waals surface area contributed by atoms with Crippen LogP contribution in [0.1, 0.15) is 6.92 Å². The molecule has 1 fully saturated rings. The Morgan fingerprint density at radius 1 is 1.00 bits per heavy atom. The second-order valence-corrected chi connectivity index (χ2v) is 7.81. The summed E-state index contributed by atoms with van der Waals surface area (Å²) in [5.74, 6) is 1.99. The number of nitrogens with zero attached hydrogens (tertiary/aromatic N) is 1. The van der Waals surface area contributed by atoms with Gasteiger partial charge in [0.05, 0.1) is 12.0 Å². The first kappa shape index (κ1) is 17.7. The Bertz CT molecular complexity index is 804. The maximum absolute atomic E-state index is 12.8. The second kappa shape index (κ2) is 7.43. The molecule has 0 aliphatic carbocycles. The highest BCUT2D eigenvalue weighted by Gasteiger charge is 2.30. The normalized spacial score (nSPS) is 18.7. The molecule has 3 rings (SSSR count). The van der Waals surface area contributed by atoms with Gasteiger partial charge in [-0.25, -0.2) is 8.42 Å². The molecule has 0 spiro atoms. The third-order valence-electron chi connectivity index (χ3n) is 4.17. The van der Waals surface area contributed by atoms with E-state index in [2.05, 4.69) is 5.32 Å². The summed E-state index contributed by atoms with van der Waals surface area (Å²) in [6.45, 7) is 3.72. The van der Waals surface area contributed by atoms with Crippen molar-refractivity contribution in [2.24, 2.45) is 0 Å². The van der Waals surface area contributed by atoms with Crippen molar-refractivity contribution in [2.75, 3.05) is 26.7 Å². The van der Waals surface area contributed by atoms with Crippen molar-refractivity contribution < 1.29 is 17.9 Å². The van der Waals surface area contributed by atoms with Crippen molar-refractivity contribution in [1.82, 2.24) is 9.62 Å². The lowest BCUT2D eigenvalue weighted by Crippen LogP contribution is -2.52. The van der Waals surface area contributed by atoms with Gasteiger partial charge in [-0.1, -0.05) is 0 Å². The van der Waals surface area contributed by atoms with Gasteiger partial charge in [0.2, 0.25) is 10.0 Å². The zero-order valence-corrected chi connectivity index (χ0v) is 15.1. The van der Waals surface area contributed by atoms with Gasteiger partial charge in [0.25, 0.3) is 0 Å². The van der Waals surface area contributed by atoms with E-state index in [4.69, 9.17) is 9.47 Å². The molecule has 1 heterocycles. The fourth-order valence-electron chi connectivity index (χ4n) is 2.77. The van der Waals surface area contributed by atoms with Crippen LogP contribution in [-0.2, 0) is 10.0 Å². The van der Waals surface area contributed by atoms with Crippen molar-refractivity contribution in [3.05, 3.63) is 48.5 Å². The van der Waals surface area contributed by atoms with Crippen LogP contribution in [-0.4, -0.2) is 45.5 Å². The van der Waals surface area contributed by atoms with Gasteiger partial charge >= 0.3 is 0 Å². The molecular weight excluding hydrogens is 340 g/mol. The summed E-state index contributed by atoms with van der Waals surface area (Å²) >= 11 is 0. The lowest BCUT2D eigenvalue weighted by molar-refractivity contribution is 0.284. The number of hydrogen-bond donors (Lipinski definition) is 1. The standard InChI is InChI=1S/C18H22N2O4S/c1-14-13-19-11-12-20(14)25(21,22)18-9-7-17(8-10-18)24-16-5-3-15(23-2)4-6-16/h3-10,14,19H,11-13H2,1-2H3. The Labute approximate surface area is 148 Å². The molecule has 0 radical (unpaired) electrons. The fraction of sp³-hybridized carbons (Fsp3) is 0.333. The molecule has 0 amide bonds. The minimum atomic E-state index is -3.49. The number of sulfonamides is 1. The number of rotatable bonds is 5. The number of ether oxygens (including phenoxy) is 2. The third kappa shape index (κ3) is 3.95. The first-order valence-electron chi connectivity index (χ1n) is 8.15.